The fourth-order valence-corrected chi connectivity index (χ4v) is 3.99. The zero-order chi connectivity index (χ0) is 9.76. The van der Waals surface area contributed by atoms with Crippen molar-refractivity contribution < 1.29 is 4.79 Å². The van der Waals surface area contributed by atoms with Crippen molar-refractivity contribution in [3.63, 3.8) is 0 Å². The van der Waals surface area contributed by atoms with Crippen molar-refractivity contribution in [2.24, 2.45) is 17.3 Å². The zero-order valence-electron chi connectivity index (χ0n) is 8.83. The molecule has 1 aliphatic heterocycles. The van der Waals surface area contributed by atoms with Crippen molar-refractivity contribution in [2.75, 3.05) is 7.05 Å². The molecular weight excluding hydrogens is 173 g/mol. The van der Waals surface area contributed by atoms with Crippen molar-refractivity contribution in [1.82, 2.24) is 4.81 Å². The Hall–Kier alpha value is -0.465. The van der Waals surface area contributed by atoms with E-state index in [1.807, 2.05) is 11.9 Å². The fourth-order valence-electron chi connectivity index (χ4n) is 3.99. The number of carbonyl (C=O) groups is 1. The minimum absolute atomic E-state index is 0.0515. The number of hydrogen-bond donors (Lipinski definition) is 0. The van der Waals surface area contributed by atoms with Gasteiger partial charge in [-0.3, -0.25) is 4.79 Å². The summed E-state index contributed by atoms with van der Waals surface area (Å²) in [5, 5.41) is 0. The van der Waals surface area contributed by atoms with Crippen LogP contribution in [0.4, 0.5) is 0 Å². The maximum Gasteiger partial charge on any atom is 0.250 e. The van der Waals surface area contributed by atoms with Crippen LogP contribution in [0, 0.1) is 17.3 Å². The summed E-state index contributed by atoms with van der Waals surface area (Å²) >= 11 is 0. The zero-order valence-corrected chi connectivity index (χ0v) is 8.83. The van der Waals surface area contributed by atoms with E-state index >= 15 is 0 Å². The molecule has 1 spiro atoms. The molecule has 75 valence electrons. The highest BCUT2D eigenvalue weighted by Crippen LogP contribution is 2.58. The van der Waals surface area contributed by atoms with Gasteiger partial charge in [0.1, 0.15) is 0 Å². The quantitative estimate of drug-likeness (QED) is 0.532. The first-order valence-electron chi connectivity index (χ1n) is 5.83. The molecule has 3 aliphatic rings. The van der Waals surface area contributed by atoms with Gasteiger partial charge >= 0.3 is 0 Å². The molecule has 0 aromatic carbocycles. The Morgan fingerprint density at radius 3 is 3.00 bits per heavy atom. The maximum atomic E-state index is 12.2. The lowest BCUT2D eigenvalue weighted by molar-refractivity contribution is -0.135. The molecule has 3 atom stereocenters. The normalized spacial score (nSPS) is 46.1. The first kappa shape index (κ1) is 8.81. The predicted octanol–water partition coefficient (Wildman–Crippen LogP) is 1.69. The van der Waals surface area contributed by atoms with E-state index in [2.05, 4.69) is 7.41 Å². The van der Waals surface area contributed by atoms with Gasteiger partial charge in [-0.25, -0.2) is 0 Å². The van der Waals surface area contributed by atoms with Crippen LogP contribution in [-0.2, 0) is 4.79 Å². The third-order valence-corrected chi connectivity index (χ3v) is 4.69. The number of fused-ring (bicyclic) bond motifs is 3. The molecule has 2 aliphatic carbocycles. The minimum atomic E-state index is 0.0515. The van der Waals surface area contributed by atoms with Crippen LogP contribution in [0.5, 0.6) is 0 Å². The molecule has 1 radical (unpaired) electrons. The first-order valence-corrected chi connectivity index (χ1v) is 5.83. The lowest BCUT2D eigenvalue weighted by Gasteiger charge is -2.29. The molecule has 3 unspecified atom stereocenters. The maximum absolute atomic E-state index is 12.2. The molecule has 3 rings (SSSR count). The summed E-state index contributed by atoms with van der Waals surface area (Å²) in [5.74, 6) is 1.97. The van der Waals surface area contributed by atoms with Gasteiger partial charge in [0.2, 0.25) is 5.91 Å². The molecule has 1 heterocycles. The predicted molar refractivity (Wildman–Crippen MR) is 55.8 cm³/mol. The Balaban J connectivity index is 1.93. The number of nitrogens with zero attached hydrogens (tertiary/aromatic N) is 1. The molecule has 2 nitrogen and oxygen atoms in total. The second-order valence-corrected chi connectivity index (χ2v) is 5.39. The van der Waals surface area contributed by atoms with Crippen LogP contribution in [0.2, 0.25) is 6.32 Å². The van der Waals surface area contributed by atoms with E-state index < -0.39 is 0 Å². The van der Waals surface area contributed by atoms with E-state index in [1.54, 1.807) is 0 Å². The van der Waals surface area contributed by atoms with Gasteiger partial charge in [0.25, 0.3) is 7.41 Å². The summed E-state index contributed by atoms with van der Waals surface area (Å²) < 4.78 is 0. The third-order valence-electron chi connectivity index (χ3n) is 4.69. The highest BCUT2D eigenvalue weighted by molar-refractivity contribution is 6.41. The fraction of sp³-hybridized carbons (Fsp3) is 0.909. The number of hydrogen-bond acceptors (Lipinski definition) is 1. The molecule has 14 heavy (non-hydrogen) atoms. The molecule has 3 fully saturated rings. The van der Waals surface area contributed by atoms with Gasteiger partial charge < -0.3 is 4.81 Å². The highest BCUT2D eigenvalue weighted by Gasteiger charge is 2.56. The highest BCUT2D eigenvalue weighted by atomic mass is 16.2. The van der Waals surface area contributed by atoms with Gasteiger partial charge in [-0.05, 0) is 44.5 Å². The summed E-state index contributed by atoms with van der Waals surface area (Å²) in [7, 11) is 4.02. The van der Waals surface area contributed by atoms with Crippen LogP contribution in [0.3, 0.4) is 0 Å². The van der Waals surface area contributed by atoms with Gasteiger partial charge in [-0.15, -0.1) is 0 Å². The van der Waals surface area contributed by atoms with Gasteiger partial charge in [0.05, 0.1) is 0 Å². The van der Waals surface area contributed by atoms with Gasteiger partial charge in [0, 0.05) is 5.41 Å². The van der Waals surface area contributed by atoms with Gasteiger partial charge in [-0.1, -0.05) is 12.8 Å². The molecule has 1 saturated heterocycles. The molecule has 0 aromatic heterocycles. The van der Waals surface area contributed by atoms with Crippen LogP contribution in [0.1, 0.15) is 32.1 Å². The second-order valence-electron chi connectivity index (χ2n) is 5.39. The smallest absolute Gasteiger partial charge is 0.250 e. The Bertz CT molecular complexity index is 280. The topological polar surface area (TPSA) is 20.3 Å². The summed E-state index contributed by atoms with van der Waals surface area (Å²) in [6, 6.07) is 0. The van der Waals surface area contributed by atoms with E-state index in [0.717, 1.165) is 12.2 Å². The van der Waals surface area contributed by atoms with Crippen molar-refractivity contribution in [3.05, 3.63) is 0 Å². The van der Waals surface area contributed by atoms with E-state index in [-0.39, 0.29) is 5.41 Å². The van der Waals surface area contributed by atoms with E-state index in [1.165, 1.54) is 32.1 Å². The lowest BCUT2D eigenvalue weighted by atomic mass is 9.68. The molecule has 1 amide bonds. The van der Waals surface area contributed by atoms with Crippen LogP contribution >= 0.6 is 0 Å². The van der Waals surface area contributed by atoms with Crippen molar-refractivity contribution in [3.8, 4) is 0 Å². The monoisotopic (exact) mass is 190 g/mol. The molecule has 3 heteroatoms. The Morgan fingerprint density at radius 1 is 1.50 bits per heavy atom. The number of carbonyl (C=O) groups excluding carboxylic acids is 1. The van der Waals surface area contributed by atoms with Gasteiger partial charge in [-0.2, -0.15) is 0 Å². The van der Waals surface area contributed by atoms with Crippen molar-refractivity contribution in [2.45, 2.75) is 38.4 Å². The molecule has 0 N–H and O–H groups in total. The van der Waals surface area contributed by atoms with Crippen LogP contribution in [-0.4, -0.2) is 25.2 Å². The van der Waals surface area contributed by atoms with Crippen LogP contribution in [0.25, 0.3) is 0 Å². The number of amides is 1. The third kappa shape index (κ3) is 0.959. The summed E-state index contributed by atoms with van der Waals surface area (Å²) in [6.45, 7) is 0. The van der Waals surface area contributed by atoms with Gasteiger partial charge in [0.15, 0.2) is 0 Å². The first-order chi connectivity index (χ1) is 6.72. The van der Waals surface area contributed by atoms with Crippen molar-refractivity contribution in [1.29, 1.82) is 0 Å². The van der Waals surface area contributed by atoms with E-state index in [0.29, 0.717) is 11.8 Å². The minimum Gasteiger partial charge on any atom is -0.393 e. The number of rotatable bonds is 0. The Morgan fingerprint density at radius 2 is 2.36 bits per heavy atom. The van der Waals surface area contributed by atoms with Crippen molar-refractivity contribution >= 4 is 13.3 Å². The average Bonchev–Trinajstić information content (AvgIpc) is 2.61. The SMILES string of the molecule is CN1[B]CC2(CC3CCCC2C3)C1=O. The second kappa shape index (κ2) is 2.77. The van der Waals surface area contributed by atoms with E-state index in [9.17, 15) is 4.79 Å². The molecule has 0 aromatic rings. The Kier molecular flexibility index (Phi) is 1.74. The Labute approximate surface area is 86.3 Å². The van der Waals surface area contributed by atoms with E-state index in [4.69, 9.17) is 0 Å². The van der Waals surface area contributed by atoms with Crippen LogP contribution < -0.4 is 0 Å². The summed E-state index contributed by atoms with van der Waals surface area (Å²) in [6.07, 6.45) is 7.54. The van der Waals surface area contributed by atoms with Crippen LogP contribution in [0.15, 0.2) is 0 Å². The summed E-state index contributed by atoms with van der Waals surface area (Å²) in [5.41, 5.74) is 0.0515. The standard InChI is InChI=1S/C11H17BNO/c1-13-10(14)11(7-12-13)6-8-3-2-4-9(11)5-8/h8-9H,2-7H2,1H3. The lowest BCUT2D eigenvalue weighted by Crippen LogP contribution is -2.35. The average molecular weight is 190 g/mol. The summed E-state index contributed by atoms with van der Waals surface area (Å²) in [4.78, 5) is 14.0. The molecule has 2 bridgehead atoms. The largest absolute Gasteiger partial charge is 0.393 e. The molecular formula is C11H17BNO. The molecule has 2 saturated carbocycles.